The molecule has 198 valence electrons. The Morgan fingerprint density at radius 1 is 1.03 bits per heavy atom. The molecule has 0 aliphatic carbocycles. The van der Waals surface area contributed by atoms with Gasteiger partial charge in [0.05, 0.1) is 11.6 Å². The van der Waals surface area contributed by atoms with Crippen LogP contribution in [0.25, 0.3) is 5.76 Å². The van der Waals surface area contributed by atoms with Crippen LogP contribution in [0.15, 0.2) is 83.0 Å². The molecule has 39 heavy (non-hydrogen) atoms. The fraction of sp³-hybridized carbons (Fsp3) is 0.207. The first kappa shape index (κ1) is 27.1. The van der Waals surface area contributed by atoms with Crippen molar-refractivity contribution in [3.63, 3.8) is 0 Å². The summed E-state index contributed by atoms with van der Waals surface area (Å²) < 4.78 is 0.628. The molecule has 5 rings (SSSR count). The predicted octanol–water partition coefficient (Wildman–Crippen LogP) is 6.80. The summed E-state index contributed by atoms with van der Waals surface area (Å²) >= 11 is 8.94. The van der Waals surface area contributed by atoms with Crippen LogP contribution in [0.4, 0.5) is 5.13 Å². The van der Waals surface area contributed by atoms with Crippen molar-refractivity contribution in [2.45, 2.75) is 42.3 Å². The number of pyridine rings is 1. The molecule has 0 radical (unpaired) electrons. The highest BCUT2D eigenvalue weighted by Crippen LogP contribution is 2.44. The lowest BCUT2D eigenvalue weighted by atomic mass is 9.85. The number of Topliss-reactive ketones (excluding diaryl/α,β-unsaturated/α-hetero) is 1. The first-order chi connectivity index (χ1) is 18.6. The van der Waals surface area contributed by atoms with Crippen molar-refractivity contribution in [2.75, 3.05) is 4.90 Å². The van der Waals surface area contributed by atoms with Crippen molar-refractivity contribution in [1.82, 2.24) is 15.2 Å². The lowest BCUT2D eigenvalue weighted by molar-refractivity contribution is -0.132. The SMILES string of the molecule is CC(C)(C)c1ccc(C2/C(=C(\O)c3ccncc3)C(=O)C(=O)N2c2nnc(SCc3ccccc3Cl)s2)cc1. The highest BCUT2D eigenvalue weighted by atomic mass is 35.5. The first-order valence-electron chi connectivity index (χ1n) is 12.2. The highest BCUT2D eigenvalue weighted by molar-refractivity contribution is 8.00. The topological polar surface area (TPSA) is 96.3 Å². The number of aliphatic hydroxyl groups excluding tert-OH is 1. The van der Waals surface area contributed by atoms with Gasteiger partial charge in [-0.1, -0.05) is 97.9 Å². The van der Waals surface area contributed by atoms with Crippen molar-refractivity contribution in [2.24, 2.45) is 0 Å². The maximum Gasteiger partial charge on any atom is 0.301 e. The van der Waals surface area contributed by atoms with Crippen LogP contribution < -0.4 is 4.90 Å². The number of carbonyl (C=O) groups is 2. The van der Waals surface area contributed by atoms with Gasteiger partial charge in [0.2, 0.25) is 5.13 Å². The Morgan fingerprint density at radius 2 is 1.72 bits per heavy atom. The van der Waals surface area contributed by atoms with E-state index < -0.39 is 17.7 Å². The van der Waals surface area contributed by atoms with Crippen LogP contribution in [0.1, 0.15) is 49.1 Å². The summed E-state index contributed by atoms with van der Waals surface area (Å²) in [5.74, 6) is -1.24. The molecule has 1 N–H and O–H groups in total. The van der Waals surface area contributed by atoms with Gasteiger partial charge in [-0.15, -0.1) is 10.2 Å². The Labute approximate surface area is 239 Å². The normalized spacial score (nSPS) is 17.1. The van der Waals surface area contributed by atoms with E-state index in [1.165, 1.54) is 40.4 Å². The monoisotopic (exact) mass is 576 g/mol. The zero-order valence-electron chi connectivity index (χ0n) is 21.5. The summed E-state index contributed by atoms with van der Waals surface area (Å²) in [6.07, 6.45) is 3.04. The molecule has 1 atom stereocenters. The summed E-state index contributed by atoms with van der Waals surface area (Å²) in [6.45, 7) is 6.34. The van der Waals surface area contributed by atoms with Gasteiger partial charge < -0.3 is 5.11 Å². The molecule has 10 heteroatoms. The average molecular weight is 577 g/mol. The Hall–Kier alpha value is -3.53. The number of ketones is 1. The molecular weight excluding hydrogens is 552 g/mol. The second-order valence-electron chi connectivity index (χ2n) is 10.0. The van der Waals surface area contributed by atoms with Crippen molar-refractivity contribution >= 4 is 57.3 Å². The maximum absolute atomic E-state index is 13.4. The molecule has 1 unspecified atom stereocenters. The van der Waals surface area contributed by atoms with Gasteiger partial charge >= 0.3 is 5.91 Å². The Balaban J connectivity index is 1.55. The number of amides is 1. The number of hydrogen-bond donors (Lipinski definition) is 1. The maximum atomic E-state index is 13.4. The van der Waals surface area contributed by atoms with Crippen LogP contribution in [0, 0.1) is 0 Å². The fourth-order valence-electron chi connectivity index (χ4n) is 4.29. The largest absolute Gasteiger partial charge is 0.507 e. The molecule has 1 fully saturated rings. The molecular formula is C29H25ClN4O3S2. The average Bonchev–Trinajstić information content (AvgIpc) is 3.50. The van der Waals surface area contributed by atoms with Crippen molar-refractivity contribution in [1.29, 1.82) is 0 Å². The van der Waals surface area contributed by atoms with Gasteiger partial charge in [0.15, 0.2) is 4.34 Å². The van der Waals surface area contributed by atoms with Gasteiger partial charge in [0.1, 0.15) is 5.76 Å². The molecule has 1 amide bonds. The molecule has 1 aliphatic heterocycles. The van der Waals surface area contributed by atoms with Crippen LogP contribution >= 0.6 is 34.7 Å². The van der Waals surface area contributed by atoms with Gasteiger partial charge in [-0.05, 0) is 40.3 Å². The van der Waals surface area contributed by atoms with E-state index in [1.807, 2.05) is 48.5 Å². The van der Waals surface area contributed by atoms with Crippen molar-refractivity contribution < 1.29 is 14.7 Å². The lowest BCUT2D eigenvalue weighted by Crippen LogP contribution is -2.29. The Morgan fingerprint density at radius 3 is 2.38 bits per heavy atom. The Bertz CT molecular complexity index is 1560. The lowest BCUT2D eigenvalue weighted by Gasteiger charge is -2.24. The van der Waals surface area contributed by atoms with Crippen LogP contribution in [-0.4, -0.2) is 32.0 Å². The third kappa shape index (κ3) is 5.48. The fourth-order valence-corrected chi connectivity index (χ4v) is 6.44. The minimum atomic E-state index is -0.874. The standard InChI is InChI=1S/C29H25ClN4O3S2/c1-29(2,3)20-10-8-17(9-11-20)23-22(24(35)18-12-14-31-15-13-18)25(36)26(37)34(23)27-32-33-28(39-27)38-16-19-6-4-5-7-21(19)30/h4-15,23,35H,16H2,1-3H3/b24-22+. The first-order valence-corrected chi connectivity index (χ1v) is 14.3. The second kappa shape index (κ2) is 10.9. The quantitative estimate of drug-likeness (QED) is 0.0886. The van der Waals surface area contributed by atoms with Gasteiger partial charge in [-0.2, -0.15) is 0 Å². The van der Waals surface area contributed by atoms with Crippen LogP contribution in [0.2, 0.25) is 5.02 Å². The number of carbonyl (C=O) groups excluding carboxylic acids is 2. The van der Waals surface area contributed by atoms with E-state index in [-0.39, 0.29) is 21.9 Å². The number of nitrogens with zero attached hydrogens (tertiary/aromatic N) is 4. The summed E-state index contributed by atoms with van der Waals surface area (Å²) in [5.41, 5.74) is 3.05. The predicted molar refractivity (Wildman–Crippen MR) is 155 cm³/mol. The second-order valence-corrected chi connectivity index (χ2v) is 12.6. The van der Waals surface area contributed by atoms with E-state index >= 15 is 0 Å². The molecule has 1 saturated heterocycles. The van der Waals surface area contributed by atoms with E-state index in [0.717, 1.165) is 11.1 Å². The summed E-state index contributed by atoms with van der Waals surface area (Å²) in [7, 11) is 0. The smallest absolute Gasteiger partial charge is 0.301 e. The molecule has 1 aliphatic rings. The van der Waals surface area contributed by atoms with Crippen LogP contribution in [0.5, 0.6) is 0 Å². The zero-order valence-corrected chi connectivity index (χ0v) is 23.8. The van der Waals surface area contributed by atoms with Gasteiger partial charge in [0.25, 0.3) is 5.78 Å². The number of rotatable bonds is 6. The molecule has 0 saturated carbocycles. The van der Waals surface area contributed by atoms with Crippen molar-refractivity contribution in [3.05, 3.63) is 106 Å². The van der Waals surface area contributed by atoms with Gasteiger partial charge in [-0.25, -0.2) is 0 Å². The number of benzene rings is 2. The molecule has 2 aromatic heterocycles. The summed E-state index contributed by atoms with van der Waals surface area (Å²) in [5, 5.41) is 20.7. The van der Waals surface area contributed by atoms with E-state index in [0.29, 0.717) is 26.2 Å². The summed E-state index contributed by atoms with van der Waals surface area (Å²) in [4.78, 5) is 32.1. The number of aromatic nitrogens is 3. The third-order valence-corrected chi connectivity index (χ3v) is 8.87. The van der Waals surface area contributed by atoms with Gasteiger partial charge in [-0.3, -0.25) is 19.5 Å². The minimum Gasteiger partial charge on any atom is -0.507 e. The molecule has 2 aromatic carbocycles. The van der Waals surface area contributed by atoms with Gasteiger partial charge in [0, 0.05) is 28.7 Å². The van der Waals surface area contributed by atoms with E-state index in [4.69, 9.17) is 11.6 Å². The zero-order chi connectivity index (χ0) is 27.7. The molecule has 0 bridgehead atoms. The molecule has 7 nitrogen and oxygen atoms in total. The molecule has 0 spiro atoms. The Kier molecular flexibility index (Phi) is 7.57. The van der Waals surface area contributed by atoms with Crippen molar-refractivity contribution in [3.8, 4) is 0 Å². The number of thioether (sulfide) groups is 1. The highest BCUT2D eigenvalue weighted by Gasteiger charge is 2.48. The number of anilines is 1. The van der Waals surface area contributed by atoms with E-state index in [2.05, 4.69) is 36.0 Å². The number of aliphatic hydroxyl groups is 1. The van der Waals surface area contributed by atoms with E-state index in [9.17, 15) is 14.7 Å². The molecule has 4 aromatic rings. The molecule has 3 heterocycles. The minimum absolute atomic E-state index is 0.00446. The number of hydrogen-bond acceptors (Lipinski definition) is 8. The van der Waals surface area contributed by atoms with Crippen LogP contribution in [-0.2, 0) is 20.8 Å². The van der Waals surface area contributed by atoms with E-state index in [1.54, 1.807) is 12.1 Å². The van der Waals surface area contributed by atoms with Crippen LogP contribution in [0.3, 0.4) is 0 Å². The summed E-state index contributed by atoms with van der Waals surface area (Å²) in [6, 6.07) is 17.6. The number of halogens is 1. The third-order valence-electron chi connectivity index (χ3n) is 6.40.